The molecule has 1 N–H and O–H groups in total. The van der Waals surface area contributed by atoms with E-state index in [1.54, 1.807) is 25.1 Å². The lowest BCUT2D eigenvalue weighted by molar-refractivity contribution is -0.152. The largest absolute Gasteiger partial charge is 0.496 e. The Morgan fingerprint density at radius 3 is 2.54 bits per heavy atom. The summed E-state index contributed by atoms with van der Waals surface area (Å²) in [6, 6.07) is 9.86. The van der Waals surface area contributed by atoms with Crippen LogP contribution in [0.3, 0.4) is 0 Å². The van der Waals surface area contributed by atoms with Crippen LogP contribution in [0.15, 0.2) is 36.4 Å². The van der Waals surface area contributed by atoms with Crippen molar-refractivity contribution in [1.82, 2.24) is 0 Å². The van der Waals surface area contributed by atoms with Crippen LogP contribution in [0.4, 0.5) is 10.1 Å². The molecule has 0 aromatic heterocycles. The molecule has 6 heteroatoms. The molecule has 26 heavy (non-hydrogen) atoms. The lowest BCUT2D eigenvalue weighted by atomic mass is 10.1. The van der Waals surface area contributed by atoms with Gasteiger partial charge in [0, 0.05) is 11.3 Å². The van der Waals surface area contributed by atoms with Crippen molar-refractivity contribution in [3.8, 4) is 5.75 Å². The van der Waals surface area contributed by atoms with Crippen molar-refractivity contribution in [2.75, 3.05) is 12.4 Å². The second-order valence-corrected chi connectivity index (χ2v) is 6.08. The highest BCUT2D eigenvalue weighted by Gasteiger charge is 2.19. The number of rotatable bonds is 6. The van der Waals surface area contributed by atoms with Gasteiger partial charge < -0.3 is 14.8 Å². The number of halogens is 1. The fourth-order valence-corrected chi connectivity index (χ4v) is 2.41. The number of carbonyl (C=O) groups excluding carboxylic acids is 2. The summed E-state index contributed by atoms with van der Waals surface area (Å²) in [5.41, 5.74) is 2.46. The highest BCUT2D eigenvalue weighted by atomic mass is 19.1. The normalized spacial score (nSPS) is 11.6. The third-order valence-electron chi connectivity index (χ3n) is 3.89. The molecule has 0 spiro atoms. The molecule has 0 heterocycles. The number of hydrogen-bond donors (Lipinski definition) is 1. The van der Waals surface area contributed by atoms with Crippen LogP contribution < -0.4 is 10.1 Å². The predicted molar refractivity (Wildman–Crippen MR) is 96.8 cm³/mol. The summed E-state index contributed by atoms with van der Waals surface area (Å²) in [5.74, 6) is -0.914. The number of anilines is 1. The quantitative estimate of drug-likeness (QED) is 0.801. The lowest BCUT2D eigenvalue weighted by Crippen LogP contribution is -2.30. The smallest absolute Gasteiger partial charge is 0.311 e. The molecule has 0 saturated carbocycles. The Balaban J connectivity index is 1.96. The molecule has 5 nitrogen and oxygen atoms in total. The maximum absolute atomic E-state index is 13.5. The molecular weight excluding hydrogens is 337 g/mol. The van der Waals surface area contributed by atoms with Gasteiger partial charge in [0.15, 0.2) is 6.10 Å². The van der Waals surface area contributed by atoms with Gasteiger partial charge in [-0.2, -0.15) is 0 Å². The molecule has 138 valence electrons. The van der Waals surface area contributed by atoms with E-state index in [1.165, 1.54) is 20.1 Å². The monoisotopic (exact) mass is 359 g/mol. The molecule has 0 radical (unpaired) electrons. The van der Waals surface area contributed by atoms with Crippen molar-refractivity contribution >= 4 is 17.6 Å². The molecule has 1 atom stereocenters. The maximum atomic E-state index is 13.5. The predicted octanol–water partition coefficient (Wildman–Crippen LogP) is 3.56. The van der Waals surface area contributed by atoms with Crippen molar-refractivity contribution < 1.29 is 23.5 Å². The Morgan fingerprint density at radius 1 is 1.15 bits per heavy atom. The SMILES string of the molecule is COc1ccc(C)cc1CC(=O)O[C@@H](C)C(=O)Nc1ccc(C)c(F)c1. The van der Waals surface area contributed by atoms with Crippen LogP contribution in [0.1, 0.15) is 23.6 Å². The second-order valence-electron chi connectivity index (χ2n) is 6.08. The average Bonchev–Trinajstić information content (AvgIpc) is 2.58. The topological polar surface area (TPSA) is 64.6 Å². The van der Waals surface area contributed by atoms with Gasteiger partial charge in [0.2, 0.25) is 0 Å². The molecule has 0 bridgehead atoms. The van der Waals surface area contributed by atoms with Gasteiger partial charge in [0.05, 0.1) is 13.5 Å². The van der Waals surface area contributed by atoms with Gasteiger partial charge >= 0.3 is 5.97 Å². The molecule has 0 aliphatic rings. The number of benzene rings is 2. The Hall–Kier alpha value is -2.89. The zero-order valence-corrected chi connectivity index (χ0v) is 15.3. The fourth-order valence-electron chi connectivity index (χ4n) is 2.41. The van der Waals surface area contributed by atoms with Crippen LogP contribution in [0.2, 0.25) is 0 Å². The van der Waals surface area contributed by atoms with Crippen LogP contribution in [-0.2, 0) is 20.7 Å². The van der Waals surface area contributed by atoms with Gasteiger partial charge in [0.1, 0.15) is 11.6 Å². The summed E-state index contributed by atoms with van der Waals surface area (Å²) >= 11 is 0. The molecule has 1 amide bonds. The minimum absolute atomic E-state index is 0.0123. The summed E-state index contributed by atoms with van der Waals surface area (Å²) in [7, 11) is 1.52. The first kappa shape index (κ1) is 19.4. The van der Waals surface area contributed by atoms with Gasteiger partial charge in [-0.15, -0.1) is 0 Å². The third-order valence-corrected chi connectivity index (χ3v) is 3.89. The number of esters is 1. The molecule has 0 aliphatic heterocycles. The van der Waals surface area contributed by atoms with Crippen LogP contribution in [0.5, 0.6) is 5.75 Å². The summed E-state index contributed by atoms with van der Waals surface area (Å²) in [4.78, 5) is 24.3. The summed E-state index contributed by atoms with van der Waals surface area (Å²) < 4.78 is 24.0. The first-order valence-electron chi connectivity index (χ1n) is 8.20. The van der Waals surface area contributed by atoms with Crippen LogP contribution in [0, 0.1) is 19.7 Å². The standard InChI is InChI=1S/C20H22FNO4/c1-12-5-8-18(25-4)15(9-12)10-19(23)26-14(3)20(24)22-16-7-6-13(2)17(21)11-16/h5-9,11,14H,10H2,1-4H3,(H,22,24)/t14-/m0/s1. The Labute approximate surface area is 152 Å². The first-order valence-corrected chi connectivity index (χ1v) is 8.20. The van der Waals surface area contributed by atoms with Crippen molar-refractivity contribution in [3.63, 3.8) is 0 Å². The number of amides is 1. The van der Waals surface area contributed by atoms with Gasteiger partial charge in [-0.25, -0.2) is 4.39 Å². The minimum Gasteiger partial charge on any atom is -0.496 e. The Kier molecular flexibility index (Phi) is 6.33. The molecule has 0 fully saturated rings. The second kappa shape index (κ2) is 8.47. The third kappa shape index (κ3) is 5.05. The number of aryl methyl sites for hydroxylation is 2. The molecule has 2 aromatic rings. The van der Waals surface area contributed by atoms with Crippen molar-refractivity contribution in [1.29, 1.82) is 0 Å². The first-order chi connectivity index (χ1) is 12.3. The zero-order valence-electron chi connectivity index (χ0n) is 15.3. The molecule has 2 rings (SSSR count). The Bertz CT molecular complexity index is 819. The molecule has 0 saturated heterocycles. The van der Waals surface area contributed by atoms with E-state index in [2.05, 4.69) is 5.32 Å². The van der Waals surface area contributed by atoms with Gasteiger partial charge in [-0.05, 0) is 44.5 Å². The molecule has 2 aromatic carbocycles. The summed E-state index contributed by atoms with van der Waals surface area (Å²) in [6.07, 6.45) is -1.02. The van der Waals surface area contributed by atoms with E-state index >= 15 is 0 Å². The van der Waals surface area contributed by atoms with Gasteiger partial charge in [0.25, 0.3) is 5.91 Å². The zero-order chi connectivity index (χ0) is 19.3. The summed E-state index contributed by atoms with van der Waals surface area (Å²) in [6.45, 7) is 5.00. The highest BCUT2D eigenvalue weighted by molar-refractivity contribution is 5.95. The van der Waals surface area contributed by atoms with Gasteiger partial charge in [-0.1, -0.05) is 23.8 Å². The average molecular weight is 359 g/mol. The lowest BCUT2D eigenvalue weighted by Gasteiger charge is -2.15. The van der Waals surface area contributed by atoms with Crippen LogP contribution >= 0.6 is 0 Å². The minimum atomic E-state index is -1.01. The van der Waals surface area contributed by atoms with Crippen molar-refractivity contribution in [2.24, 2.45) is 0 Å². The molecular formula is C20H22FNO4. The number of ether oxygens (including phenoxy) is 2. The number of carbonyl (C=O) groups is 2. The van der Waals surface area contributed by atoms with Crippen LogP contribution in [-0.4, -0.2) is 25.1 Å². The van der Waals surface area contributed by atoms with Crippen molar-refractivity contribution in [3.05, 3.63) is 58.9 Å². The molecule has 0 aliphatic carbocycles. The van der Waals surface area contributed by atoms with E-state index in [9.17, 15) is 14.0 Å². The summed E-state index contributed by atoms with van der Waals surface area (Å²) in [5, 5.41) is 2.53. The highest BCUT2D eigenvalue weighted by Crippen LogP contribution is 2.21. The van der Waals surface area contributed by atoms with E-state index < -0.39 is 23.8 Å². The Morgan fingerprint density at radius 2 is 1.88 bits per heavy atom. The van der Waals surface area contributed by atoms with Crippen molar-refractivity contribution in [2.45, 2.75) is 33.3 Å². The maximum Gasteiger partial charge on any atom is 0.311 e. The van der Waals surface area contributed by atoms with E-state index in [1.807, 2.05) is 19.1 Å². The van der Waals surface area contributed by atoms with E-state index in [4.69, 9.17) is 9.47 Å². The van der Waals surface area contributed by atoms with Gasteiger partial charge in [-0.3, -0.25) is 9.59 Å². The fraction of sp³-hybridized carbons (Fsp3) is 0.300. The van der Waals surface area contributed by atoms with E-state index in [0.717, 1.165) is 5.56 Å². The van der Waals surface area contributed by atoms with Crippen LogP contribution in [0.25, 0.3) is 0 Å². The van der Waals surface area contributed by atoms with E-state index in [-0.39, 0.29) is 6.42 Å². The van der Waals surface area contributed by atoms with E-state index in [0.29, 0.717) is 22.6 Å². The number of hydrogen-bond acceptors (Lipinski definition) is 4. The number of nitrogens with one attached hydrogen (secondary N) is 1. The molecule has 0 unspecified atom stereocenters. The number of methoxy groups -OCH3 is 1.